The molecule has 0 atom stereocenters. The van der Waals surface area contributed by atoms with Crippen LogP contribution in [0.1, 0.15) is 41.4 Å². The number of fused-ring (bicyclic) bond motifs is 1. The first-order valence-corrected chi connectivity index (χ1v) is 15.8. The Balaban J connectivity index is 1.20. The van der Waals surface area contributed by atoms with Gasteiger partial charge in [-0.2, -0.15) is 10.1 Å². The molecule has 3 amide bonds. The molecule has 0 saturated heterocycles. The van der Waals surface area contributed by atoms with Gasteiger partial charge in [0.05, 0.1) is 17.1 Å². The SMILES string of the molecule is CCCCc1cc(NC(=O)Nc2ccc(Oc3ccnc(Nc4cccc(C(=O)NC)c4)n3)c3ccccc23)n(-c2ccc(C)cc2)n1. The number of carbonyl (C=O) groups is 2. The van der Waals surface area contributed by atoms with E-state index in [-0.39, 0.29) is 5.91 Å². The van der Waals surface area contributed by atoms with Crippen LogP contribution in [0.25, 0.3) is 16.5 Å². The van der Waals surface area contributed by atoms with Crippen molar-refractivity contribution in [3.05, 3.63) is 120 Å². The van der Waals surface area contributed by atoms with Crippen molar-refractivity contribution >= 4 is 45.9 Å². The molecule has 0 fully saturated rings. The van der Waals surface area contributed by atoms with Gasteiger partial charge in [-0.25, -0.2) is 14.5 Å². The lowest BCUT2D eigenvalue weighted by Gasteiger charge is -2.14. The maximum atomic E-state index is 13.4. The molecule has 4 aromatic carbocycles. The van der Waals surface area contributed by atoms with Crippen molar-refractivity contribution in [2.24, 2.45) is 0 Å². The molecule has 6 aromatic rings. The summed E-state index contributed by atoms with van der Waals surface area (Å²) < 4.78 is 7.98. The third kappa shape index (κ3) is 7.42. The standard InChI is InChI=1S/C37H36N8O3/c1-4-5-10-27-23-33(45(44-27)28-16-14-24(2)15-17-28)42-37(47)41-31-18-19-32(30-13-7-6-12-29(30)31)48-34-20-21-39-36(43-34)40-26-11-8-9-25(22-26)35(46)38-3/h6-9,11-23H,4-5,10H2,1-3H3,(H,38,46)(H,39,40,43)(H2,41,42,47). The van der Waals surface area contributed by atoms with Crippen LogP contribution in [0.3, 0.4) is 0 Å². The Hall–Kier alpha value is -6.23. The van der Waals surface area contributed by atoms with Gasteiger partial charge in [0, 0.05) is 47.4 Å². The summed E-state index contributed by atoms with van der Waals surface area (Å²) in [5, 5.41) is 18.1. The topological polar surface area (TPSA) is 135 Å². The molecule has 6 rings (SSSR count). The van der Waals surface area contributed by atoms with Gasteiger partial charge < -0.3 is 20.7 Å². The molecule has 4 N–H and O–H groups in total. The maximum Gasteiger partial charge on any atom is 0.324 e. The number of hydrogen-bond donors (Lipinski definition) is 4. The van der Waals surface area contributed by atoms with E-state index in [2.05, 4.69) is 38.2 Å². The van der Waals surface area contributed by atoms with E-state index < -0.39 is 6.03 Å². The highest BCUT2D eigenvalue weighted by Gasteiger charge is 2.15. The monoisotopic (exact) mass is 640 g/mol. The van der Waals surface area contributed by atoms with E-state index in [0.717, 1.165) is 47.0 Å². The first kappa shape index (κ1) is 31.7. The zero-order valence-electron chi connectivity index (χ0n) is 26.9. The van der Waals surface area contributed by atoms with E-state index >= 15 is 0 Å². The summed E-state index contributed by atoms with van der Waals surface area (Å²) in [4.78, 5) is 34.2. The fourth-order valence-corrected chi connectivity index (χ4v) is 5.20. The minimum atomic E-state index is -0.392. The number of urea groups is 1. The lowest BCUT2D eigenvalue weighted by molar-refractivity contribution is 0.0963. The van der Waals surface area contributed by atoms with Gasteiger partial charge in [0.25, 0.3) is 5.91 Å². The number of unbranched alkanes of at least 4 members (excludes halogenated alkanes) is 1. The smallest absolute Gasteiger partial charge is 0.324 e. The third-order valence-corrected chi connectivity index (χ3v) is 7.65. The summed E-state index contributed by atoms with van der Waals surface area (Å²) in [6.45, 7) is 4.18. The molecule has 0 bridgehead atoms. The van der Waals surface area contributed by atoms with Crippen LogP contribution in [0.2, 0.25) is 0 Å². The fraction of sp³-hybridized carbons (Fsp3) is 0.162. The normalized spacial score (nSPS) is 10.8. The molecular formula is C37H36N8O3. The van der Waals surface area contributed by atoms with Gasteiger partial charge in [-0.1, -0.05) is 61.4 Å². The number of nitrogens with one attached hydrogen (secondary N) is 4. The number of amides is 3. The van der Waals surface area contributed by atoms with Crippen molar-refractivity contribution in [1.29, 1.82) is 0 Å². The van der Waals surface area contributed by atoms with E-state index in [0.29, 0.717) is 40.3 Å². The van der Waals surface area contributed by atoms with Crippen molar-refractivity contribution in [2.45, 2.75) is 33.1 Å². The van der Waals surface area contributed by atoms with E-state index in [1.165, 1.54) is 0 Å². The minimum absolute atomic E-state index is 0.190. The fourth-order valence-electron chi connectivity index (χ4n) is 5.20. The number of hydrogen-bond acceptors (Lipinski definition) is 7. The number of anilines is 4. The molecule has 2 aromatic heterocycles. The largest absolute Gasteiger partial charge is 0.438 e. The Morgan fingerprint density at radius 1 is 0.875 bits per heavy atom. The van der Waals surface area contributed by atoms with Crippen LogP contribution in [-0.2, 0) is 6.42 Å². The second-order valence-corrected chi connectivity index (χ2v) is 11.2. The minimum Gasteiger partial charge on any atom is -0.438 e. The highest BCUT2D eigenvalue weighted by Crippen LogP contribution is 2.34. The van der Waals surface area contributed by atoms with Gasteiger partial charge in [0.15, 0.2) is 0 Å². The molecule has 11 nitrogen and oxygen atoms in total. The molecule has 0 aliphatic carbocycles. The van der Waals surface area contributed by atoms with E-state index in [1.807, 2.05) is 67.6 Å². The predicted octanol–water partition coefficient (Wildman–Crippen LogP) is 8.01. The summed E-state index contributed by atoms with van der Waals surface area (Å²) in [6.07, 6.45) is 4.48. The van der Waals surface area contributed by atoms with Crippen LogP contribution in [0.5, 0.6) is 11.6 Å². The average molecular weight is 641 g/mol. The van der Waals surface area contributed by atoms with E-state index in [9.17, 15) is 9.59 Å². The zero-order valence-corrected chi connectivity index (χ0v) is 26.9. The Morgan fingerprint density at radius 3 is 2.48 bits per heavy atom. The lowest BCUT2D eigenvalue weighted by Crippen LogP contribution is -2.21. The van der Waals surface area contributed by atoms with E-state index in [1.54, 1.807) is 54.3 Å². The van der Waals surface area contributed by atoms with Crippen LogP contribution < -0.4 is 26.0 Å². The number of benzene rings is 4. The zero-order chi connectivity index (χ0) is 33.5. The van der Waals surface area contributed by atoms with Crippen molar-refractivity contribution < 1.29 is 14.3 Å². The van der Waals surface area contributed by atoms with Gasteiger partial charge in [-0.05, 0) is 62.2 Å². The Bertz CT molecular complexity index is 2070. The third-order valence-electron chi connectivity index (χ3n) is 7.65. The number of nitrogens with zero attached hydrogens (tertiary/aromatic N) is 4. The number of aromatic nitrogens is 4. The first-order chi connectivity index (χ1) is 23.4. The lowest BCUT2D eigenvalue weighted by atomic mass is 10.1. The quantitative estimate of drug-likeness (QED) is 0.113. The predicted molar refractivity (Wildman–Crippen MR) is 189 cm³/mol. The highest BCUT2D eigenvalue weighted by molar-refractivity contribution is 6.07. The summed E-state index contributed by atoms with van der Waals surface area (Å²) in [5.41, 5.74) is 4.71. The molecule has 48 heavy (non-hydrogen) atoms. The Labute approximate surface area is 278 Å². The highest BCUT2D eigenvalue weighted by atomic mass is 16.5. The van der Waals surface area contributed by atoms with Crippen molar-refractivity contribution in [3.63, 3.8) is 0 Å². The van der Waals surface area contributed by atoms with Gasteiger partial charge in [-0.15, -0.1) is 0 Å². The summed E-state index contributed by atoms with van der Waals surface area (Å²) >= 11 is 0. The molecule has 0 aliphatic rings. The van der Waals surface area contributed by atoms with E-state index in [4.69, 9.17) is 9.84 Å². The van der Waals surface area contributed by atoms with Crippen molar-refractivity contribution in [1.82, 2.24) is 25.1 Å². The Morgan fingerprint density at radius 2 is 1.69 bits per heavy atom. The number of aryl methyl sites for hydroxylation is 2. The second kappa shape index (κ2) is 14.5. The molecule has 0 radical (unpaired) electrons. The summed E-state index contributed by atoms with van der Waals surface area (Å²) in [5.74, 6) is 1.58. The first-order valence-electron chi connectivity index (χ1n) is 15.8. The van der Waals surface area contributed by atoms with Crippen molar-refractivity contribution in [2.75, 3.05) is 23.0 Å². The van der Waals surface area contributed by atoms with Crippen LogP contribution in [0.15, 0.2) is 103 Å². The van der Waals surface area contributed by atoms with Crippen LogP contribution in [0, 0.1) is 6.92 Å². The average Bonchev–Trinajstić information content (AvgIpc) is 3.50. The molecular weight excluding hydrogens is 604 g/mol. The van der Waals surface area contributed by atoms with Crippen LogP contribution >= 0.6 is 0 Å². The molecule has 0 saturated carbocycles. The number of rotatable bonds is 11. The molecule has 11 heteroatoms. The summed E-state index contributed by atoms with van der Waals surface area (Å²) in [6, 6.07) is 29.5. The van der Waals surface area contributed by atoms with Gasteiger partial charge in [0.1, 0.15) is 11.6 Å². The maximum absolute atomic E-state index is 13.4. The van der Waals surface area contributed by atoms with Gasteiger partial charge in [-0.3, -0.25) is 10.1 Å². The molecule has 0 spiro atoms. The molecule has 2 heterocycles. The van der Waals surface area contributed by atoms with Crippen molar-refractivity contribution in [3.8, 4) is 17.3 Å². The summed E-state index contributed by atoms with van der Waals surface area (Å²) in [7, 11) is 1.58. The van der Waals surface area contributed by atoms with Crippen LogP contribution in [-0.4, -0.2) is 38.7 Å². The van der Waals surface area contributed by atoms with Gasteiger partial charge >= 0.3 is 6.03 Å². The Kier molecular flexibility index (Phi) is 9.56. The van der Waals surface area contributed by atoms with Crippen LogP contribution in [0.4, 0.5) is 27.9 Å². The molecule has 0 unspecified atom stereocenters. The second-order valence-electron chi connectivity index (χ2n) is 11.2. The van der Waals surface area contributed by atoms with Gasteiger partial charge in [0.2, 0.25) is 11.8 Å². The molecule has 0 aliphatic heterocycles. The molecule has 242 valence electrons. The number of ether oxygens (including phenoxy) is 1. The number of carbonyl (C=O) groups excluding carboxylic acids is 2.